The monoisotopic (exact) mass is 1160 g/mol. The Labute approximate surface area is 495 Å². The average Bonchev–Trinajstić information content (AvgIpc) is 3.68. The second-order valence-electron chi connectivity index (χ2n) is 18.5. The van der Waals surface area contributed by atoms with Gasteiger partial charge in [-0.15, -0.1) is 0 Å². The van der Waals surface area contributed by atoms with E-state index in [1.807, 2.05) is 146 Å². The lowest BCUT2D eigenvalue weighted by Gasteiger charge is -2.24. The molecule has 0 fully saturated rings. The van der Waals surface area contributed by atoms with Gasteiger partial charge in [0.25, 0.3) is 0 Å². The third kappa shape index (κ3) is 20.9. The molecule has 0 aromatic heterocycles. The number of rotatable bonds is 8. The fourth-order valence-corrected chi connectivity index (χ4v) is 7.60. The molecule has 0 spiro atoms. The Morgan fingerprint density at radius 3 is 0.439 bits per heavy atom. The molecule has 82 heavy (non-hydrogen) atoms. The minimum absolute atomic E-state index is 0.0116. The summed E-state index contributed by atoms with van der Waals surface area (Å²) in [6.45, 7) is 0. The second-order valence-corrected chi connectivity index (χ2v) is 24.4. The number of benzene rings is 8. The largest absolute Gasteiger partial charge is 0.369 e. The lowest BCUT2D eigenvalue weighted by molar-refractivity contribution is 0.144. The van der Waals surface area contributed by atoms with Gasteiger partial charge in [-0.05, 0) is 0 Å². The van der Waals surface area contributed by atoms with Crippen molar-refractivity contribution in [2.24, 2.45) is 0 Å². The molecule has 0 aliphatic heterocycles. The summed E-state index contributed by atoms with van der Waals surface area (Å²) in [5.41, 5.74) is -3.38. The van der Waals surface area contributed by atoms with E-state index in [4.69, 9.17) is 0 Å². The van der Waals surface area contributed by atoms with Gasteiger partial charge in [-0.1, -0.05) is 290 Å². The van der Waals surface area contributed by atoms with Gasteiger partial charge in [0.05, 0.1) is 11.1 Å². The van der Waals surface area contributed by atoms with Crippen LogP contribution >= 0.6 is 0 Å². The quantitative estimate of drug-likeness (QED) is 0.110. The van der Waals surface area contributed by atoms with Gasteiger partial charge in [0.2, 0.25) is 0 Å². The van der Waals surface area contributed by atoms with Crippen LogP contribution < -0.4 is 0 Å². The smallest absolute Gasteiger partial charge is 0.177 e. The van der Waals surface area contributed by atoms with Crippen LogP contribution in [0.5, 0.6) is 0 Å². The minimum atomic E-state index is -1.86. The van der Waals surface area contributed by atoms with Crippen molar-refractivity contribution in [2.75, 3.05) is 50.0 Å². The van der Waals surface area contributed by atoms with Crippen LogP contribution in [-0.2, 0) is 65.6 Å². The Hall–Kier alpha value is -7.82. The highest BCUT2D eigenvalue weighted by Gasteiger charge is 2.33. The Morgan fingerprint density at radius 1 is 0.244 bits per heavy atom. The van der Waals surface area contributed by atoms with Gasteiger partial charge in [-0.25, -0.2) is 0 Å². The van der Waals surface area contributed by atoms with Gasteiger partial charge in [0.15, 0.2) is 22.4 Å². The maximum absolute atomic E-state index is 12.7. The molecule has 0 amide bonds. The molecule has 0 unspecified atom stereocenters. The van der Waals surface area contributed by atoms with E-state index < -0.39 is 65.6 Å². The van der Waals surface area contributed by atoms with Crippen molar-refractivity contribution in [1.82, 2.24) is 0 Å². The zero-order chi connectivity index (χ0) is 60.0. The second kappa shape index (κ2) is 33.8. The van der Waals surface area contributed by atoms with E-state index in [9.17, 15) is 37.3 Å². The van der Waals surface area contributed by atoms with Crippen molar-refractivity contribution in [3.63, 3.8) is 0 Å². The summed E-state index contributed by atoms with van der Waals surface area (Å²) < 4.78 is 38.2. The molecule has 8 aromatic rings. The van der Waals surface area contributed by atoms with Crippen LogP contribution in [0.4, 0.5) is 0 Å². The van der Waals surface area contributed by atoms with Crippen molar-refractivity contribution in [2.45, 2.75) is 22.4 Å². The zero-order valence-electron chi connectivity index (χ0n) is 47.1. The third-order valence-electron chi connectivity index (χ3n) is 11.3. The molecule has 0 atom stereocenters. The lowest BCUT2D eigenvalue weighted by atomic mass is 9.85. The number of allylic oxidation sites excluding steroid dienone is 2. The molecule has 0 aliphatic rings. The first-order valence-electron chi connectivity index (χ1n) is 25.4. The van der Waals surface area contributed by atoms with E-state index in [0.717, 1.165) is 0 Å². The fourth-order valence-electron chi connectivity index (χ4n) is 7.60. The number of hydrogen-bond donors (Lipinski definition) is 4. The molecule has 8 nitrogen and oxygen atoms in total. The van der Waals surface area contributed by atoms with Crippen LogP contribution in [0.25, 0.3) is 0 Å². The van der Waals surface area contributed by atoms with Crippen LogP contribution in [0.1, 0.15) is 44.5 Å². The molecule has 0 saturated carbocycles. The standard InChI is InChI=1S/C62H44O4.4C2H6OS/c63-59(51-25-9-1-10-26-51,52-27-11-2-12-28-52)45-41-49(42-46-60(64,53-29-13-3-14-30-53)54-31-15-4-16-32-54)50(43-47-61(65,55-33-17-5-18-34-55)56-35-19-6-20-36-56)44-48-62(66,57-37-21-7-22-38-57)58-39-23-8-24-40-58;4*1-4(2)3/h1-40,63-66H;4*1-2H3. The van der Waals surface area contributed by atoms with Crippen LogP contribution in [0.2, 0.25) is 0 Å². The van der Waals surface area contributed by atoms with E-state index in [1.165, 1.54) is 0 Å². The Morgan fingerprint density at radius 2 is 0.341 bits per heavy atom. The highest BCUT2D eigenvalue weighted by molar-refractivity contribution is 7.84. The SMILES string of the molecule is CS(C)=O.CS(C)=O.CS(C)=O.CS(C)=O.OC(C#CC(C#CC(O)(c1ccccc1)c1ccccc1)=C(C#CC(O)(c1ccccc1)c1ccccc1)C#CC(O)(c1ccccc1)c1ccccc1)(c1ccccc1)c1ccccc1. The molecule has 0 heterocycles. The van der Waals surface area contributed by atoms with Gasteiger partial charge >= 0.3 is 0 Å². The maximum Gasteiger partial charge on any atom is 0.177 e. The highest BCUT2D eigenvalue weighted by atomic mass is 32.2. The Balaban J connectivity index is 0.000000802. The van der Waals surface area contributed by atoms with Gasteiger partial charge in [-0.2, -0.15) is 0 Å². The summed E-state index contributed by atoms with van der Waals surface area (Å²) in [5.74, 6) is 25.4. The zero-order valence-corrected chi connectivity index (χ0v) is 50.4. The van der Waals surface area contributed by atoms with Crippen molar-refractivity contribution in [3.05, 3.63) is 298 Å². The fraction of sp³-hybridized carbons (Fsp3) is 0.171. The molecular weight excluding hydrogens is 1100 g/mol. The molecule has 8 aromatic carbocycles. The van der Waals surface area contributed by atoms with E-state index in [-0.39, 0.29) is 11.1 Å². The normalized spacial score (nSPS) is 10.7. The van der Waals surface area contributed by atoms with Crippen LogP contribution in [-0.4, -0.2) is 87.3 Å². The first-order valence-corrected chi connectivity index (χ1v) is 33.2. The van der Waals surface area contributed by atoms with Crippen LogP contribution in [0.15, 0.2) is 254 Å². The van der Waals surface area contributed by atoms with Crippen molar-refractivity contribution < 1.29 is 37.3 Å². The predicted molar refractivity (Wildman–Crippen MR) is 342 cm³/mol. The topological polar surface area (TPSA) is 149 Å². The molecule has 0 aliphatic carbocycles. The Kier molecular flexibility index (Phi) is 27.5. The van der Waals surface area contributed by atoms with Crippen LogP contribution in [0, 0.1) is 47.4 Å². The highest BCUT2D eigenvalue weighted by Crippen LogP contribution is 2.33. The third-order valence-corrected chi connectivity index (χ3v) is 11.3. The summed E-state index contributed by atoms with van der Waals surface area (Å²) in [6.07, 6.45) is 13.1. The van der Waals surface area contributed by atoms with Crippen molar-refractivity contribution >= 4 is 43.2 Å². The maximum atomic E-state index is 12.7. The van der Waals surface area contributed by atoms with Gasteiger partial charge in [0, 0.05) is 138 Å². The average molecular weight is 1170 g/mol. The van der Waals surface area contributed by atoms with Gasteiger partial charge in [-0.3, -0.25) is 16.8 Å². The lowest BCUT2D eigenvalue weighted by Crippen LogP contribution is -2.26. The molecule has 4 N–H and O–H groups in total. The van der Waals surface area contributed by atoms with Gasteiger partial charge in [0.1, 0.15) is 0 Å². The van der Waals surface area contributed by atoms with E-state index in [1.54, 1.807) is 147 Å². The summed E-state index contributed by atoms with van der Waals surface area (Å²) in [4.78, 5) is 0. The molecule has 420 valence electrons. The summed E-state index contributed by atoms with van der Waals surface area (Å²) in [5, 5.41) is 50.9. The molecule has 0 radical (unpaired) electrons. The molecule has 12 heteroatoms. The predicted octanol–water partition coefficient (Wildman–Crippen LogP) is 10.0. The summed E-state index contributed by atoms with van der Waals surface area (Å²) in [7, 11) is -2.44. The van der Waals surface area contributed by atoms with Crippen molar-refractivity contribution in [3.8, 4) is 47.4 Å². The van der Waals surface area contributed by atoms with Gasteiger partial charge < -0.3 is 20.4 Å². The number of hydrogen-bond acceptors (Lipinski definition) is 8. The van der Waals surface area contributed by atoms with E-state index in [2.05, 4.69) is 47.4 Å². The van der Waals surface area contributed by atoms with E-state index in [0.29, 0.717) is 44.5 Å². The van der Waals surface area contributed by atoms with E-state index >= 15 is 0 Å². The molecule has 8 rings (SSSR count). The minimum Gasteiger partial charge on any atom is -0.369 e. The van der Waals surface area contributed by atoms with Crippen LogP contribution in [0.3, 0.4) is 0 Å². The molecular formula is C70H68O8S4. The molecule has 0 saturated heterocycles. The first kappa shape index (κ1) is 66.7. The number of aliphatic hydroxyl groups is 4. The molecule has 0 bridgehead atoms. The van der Waals surface area contributed by atoms with Crippen molar-refractivity contribution in [1.29, 1.82) is 0 Å². The summed E-state index contributed by atoms with van der Waals surface area (Å²) in [6, 6.07) is 72.7. The summed E-state index contributed by atoms with van der Waals surface area (Å²) >= 11 is 0. The first-order chi connectivity index (χ1) is 39.2. The Bertz CT molecular complexity index is 2970.